The Hall–Kier alpha value is -2.37. The zero-order valence-corrected chi connectivity index (χ0v) is 8.84. The molecule has 0 saturated heterocycles. The van der Waals surface area contributed by atoms with Gasteiger partial charge in [0.2, 0.25) is 23.3 Å². The Morgan fingerprint density at radius 3 is 1.94 bits per heavy atom. The first-order valence-electron chi connectivity index (χ1n) is 4.89. The van der Waals surface area contributed by atoms with Crippen LogP contribution in [0.15, 0.2) is 53.5 Å². The van der Waals surface area contributed by atoms with Gasteiger partial charge in [-0.2, -0.15) is 8.78 Å². The zero-order chi connectivity index (χ0) is 13.3. The van der Waals surface area contributed by atoms with Crippen molar-refractivity contribution >= 4 is 17.3 Å². The molecule has 0 radical (unpaired) electrons. The van der Waals surface area contributed by atoms with Gasteiger partial charge in [0.15, 0.2) is 0 Å². The van der Waals surface area contributed by atoms with Crippen molar-refractivity contribution in [2.45, 2.75) is 0 Å². The van der Waals surface area contributed by atoms with Crippen LogP contribution in [0.3, 0.4) is 0 Å². The zero-order valence-electron chi connectivity index (χ0n) is 8.84. The number of allylic oxidation sites excluding steroid dienone is 3. The first-order valence-corrected chi connectivity index (χ1v) is 4.89. The van der Waals surface area contributed by atoms with Crippen LogP contribution in [0.25, 0.3) is 0 Å². The number of para-hydroxylation sites is 1. The molecule has 0 bridgehead atoms. The molecule has 18 heavy (non-hydrogen) atoms. The van der Waals surface area contributed by atoms with Crippen molar-refractivity contribution in [3.05, 3.63) is 53.5 Å². The Labute approximate surface area is 99.6 Å². The lowest BCUT2D eigenvalue weighted by molar-refractivity contribution is -0.119. The van der Waals surface area contributed by atoms with Gasteiger partial charge in [-0.1, -0.05) is 18.2 Å². The summed E-state index contributed by atoms with van der Waals surface area (Å²) in [7, 11) is 0. The van der Waals surface area contributed by atoms with Crippen LogP contribution < -0.4 is 5.32 Å². The fourth-order valence-electron chi connectivity index (χ4n) is 1.40. The molecular formula is C12H6F3NO2. The number of anilines is 1. The molecule has 1 aliphatic carbocycles. The summed E-state index contributed by atoms with van der Waals surface area (Å²) in [4.78, 5) is 22.3. The van der Waals surface area contributed by atoms with Crippen molar-refractivity contribution in [3.8, 4) is 0 Å². The smallest absolute Gasteiger partial charge is 0.255 e. The minimum atomic E-state index is -2.00. The Kier molecular flexibility index (Phi) is 3.01. The second-order valence-electron chi connectivity index (χ2n) is 3.47. The molecule has 0 unspecified atom stereocenters. The van der Waals surface area contributed by atoms with Gasteiger partial charge in [0.05, 0.1) is 0 Å². The van der Waals surface area contributed by atoms with Gasteiger partial charge in [-0.15, -0.1) is 0 Å². The summed E-state index contributed by atoms with van der Waals surface area (Å²) in [5.74, 6) is -8.82. The van der Waals surface area contributed by atoms with Crippen molar-refractivity contribution in [2.75, 3.05) is 5.32 Å². The fraction of sp³-hybridized carbons (Fsp3) is 0. The third kappa shape index (κ3) is 1.92. The standard InChI is InChI=1S/C12H6F3NO2/c13-7-8(14)12(18)10(9(15)11(7)17)16-6-4-2-1-3-5-6/h1-5,16H. The number of halogens is 3. The van der Waals surface area contributed by atoms with Crippen LogP contribution in [-0.4, -0.2) is 11.6 Å². The minimum absolute atomic E-state index is 0.277. The van der Waals surface area contributed by atoms with Crippen LogP contribution >= 0.6 is 0 Å². The number of hydrogen-bond acceptors (Lipinski definition) is 3. The van der Waals surface area contributed by atoms with Gasteiger partial charge in [0, 0.05) is 5.69 Å². The molecule has 0 aliphatic heterocycles. The summed E-state index contributed by atoms with van der Waals surface area (Å²) in [6.07, 6.45) is 0. The predicted molar refractivity (Wildman–Crippen MR) is 57.5 cm³/mol. The molecular weight excluding hydrogens is 247 g/mol. The number of carbonyl (C=O) groups excluding carboxylic acids is 2. The molecule has 0 atom stereocenters. The van der Waals surface area contributed by atoms with E-state index in [0.29, 0.717) is 0 Å². The third-order valence-electron chi connectivity index (χ3n) is 2.28. The van der Waals surface area contributed by atoms with Gasteiger partial charge in [-0.05, 0) is 12.1 Å². The van der Waals surface area contributed by atoms with Crippen LogP contribution in [0.1, 0.15) is 0 Å². The lowest BCUT2D eigenvalue weighted by Crippen LogP contribution is -2.23. The third-order valence-corrected chi connectivity index (χ3v) is 2.28. The van der Waals surface area contributed by atoms with E-state index in [4.69, 9.17) is 0 Å². The van der Waals surface area contributed by atoms with Crippen molar-refractivity contribution in [2.24, 2.45) is 0 Å². The molecule has 3 nitrogen and oxygen atoms in total. The van der Waals surface area contributed by atoms with Crippen molar-refractivity contribution in [1.29, 1.82) is 0 Å². The summed E-state index contributed by atoms with van der Waals surface area (Å²) < 4.78 is 39.3. The number of ketones is 2. The van der Waals surface area contributed by atoms with Crippen LogP contribution in [0, 0.1) is 0 Å². The predicted octanol–water partition coefficient (Wildman–Crippen LogP) is 2.58. The second kappa shape index (κ2) is 4.48. The maximum Gasteiger partial charge on any atom is 0.255 e. The topological polar surface area (TPSA) is 46.2 Å². The van der Waals surface area contributed by atoms with Crippen LogP contribution in [0.5, 0.6) is 0 Å². The average Bonchev–Trinajstić information content (AvgIpc) is 2.40. The number of benzene rings is 1. The lowest BCUT2D eigenvalue weighted by Gasteiger charge is -2.13. The molecule has 92 valence electrons. The van der Waals surface area contributed by atoms with E-state index in [-0.39, 0.29) is 5.69 Å². The minimum Gasteiger partial charge on any atom is -0.350 e. The Bertz CT molecular complexity index is 591. The van der Waals surface area contributed by atoms with Crippen LogP contribution in [0.2, 0.25) is 0 Å². The number of nitrogens with one attached hydrogen (secondary N) is 1. The average molecular weight is 253 g/mol. The molecule has 0 spiro atoms. The van der Waals surface area contributed by atoms with E-state index in [1.54, 1.807) is 18.2 Å². The maximum absolute atomic E-state index is 13.4. The SMILES string of the molecule is O=C1C(F)=C(F)C(=O)C(Nc2ccccc2)=C1F. The maximum atomic E-state index is 13.4. The highest BCUT2D eigenvalue weighted by molar-refractivity contribution is 6.23. The summed E-state index contributed by atoms with van der Waals surface area (Å²) >= 11 is 0. The van der Waals surface area contributed by atoms with Crippen molar-refractivity contribution in [3.63, 3.8) is 0 Å². The van der Waals surface area contributed by atoms with E-state index in [1.165, 1.54) is 12.1 Å². The summed E-state index contributed by atoms with van der Waals surface area (Å²) in [5, 5.41) is 2.26. The summed E-state index contributed by atoms with van der Waals surface area (Å²) in [5.41, 5.74) is -0.621. The molecule has 2 rings (SSSR count). The molecule has 0 saturated carbocycles. The lowest BCUT2D eigenvalue weighted by atomic mass is 10.1. The highest BCUT2D eigenvalue weighted by Gasteiger charge is 2.36. The van der Waals surface area contributed by atoms with Gasteiger partial charge >= 0.3 is 0 Å². The van der Waals surface area contributed by atoms with E-state index in [9.17, 15) is 22.8 Å². The number of carbonyl (C=O) groups is 2. The quantitative estimate of drug-likeness (QED) is 0.824. The van der Waals surface area contributed by atoms with Gasteiger partial charge in [-0.3, -0.25) is 9.59 Å². The van der Waals surface area contributed by atoms with Crippen LogP contribution in [0.4, 0.5) is 18.9 Å². The highest BCUT2D eigenvalue weighted by atomic mass is 19.2. The van der Waals surface area contributed by atoms with Crippen LogP contribution in [-0.2, 0) is 9.59 Å². The summed E-state index contributed by atoms with van der Waals surface area (Å²) in [6.45, 7) is 0. The van der Waals surface area contributed by atoms with Crippen molar-refractivity contribution < 1.29 is 22.8 Å². The van der Waals surface area contributed by atoms with Gasteiger partial charge < -0.3 is 5.32 Å². The molecule has 1 aromatic carbocycles. The van der Waals surface area contributed by atoms with E-state index < -0.39 is 34.7 Å². The molecule has 0 fully saturated rings. The monoisotopic (exact) mass is 253 g/mol. The number of rotatable bonds is 2. The fourth-order valence-corrected chi connectivity index (χ4v) is 1.40. The van der Waals surface area contributed by atoms with E-state index in [1.807, 2.05) is 0 Å². The molecule has 0 aromatic heterocycles. The van der Waals surface area contributed by atoms with E-state index in [2.05, 4.69) is 5.32 Å². The second-order valence-corrected chi connectivity index (χ2v) is 3.47. The first-order chi connectivity index (χ1) is 8.52. The van der Waals surface area contributed by atoms with Gasteiger partial charge in [0.25, 0.3) is 5.78 Å². The number of Topliss-reactive ketones (excluding diaryl/α,β-unsaturated/α-hetero) is 2. The van der Waals surface area contributed by atoms with Gasteiger partial charge in [0.1, 0.15) is 5.70 Å². The molecule has 1 N–H and O–H groups in total. The highest BCUT2D eigenvalue weighted by Crippen LogP contribution is 2.28. The van der Waals surface area contributed by atoms with E-state index >= 15 is 0 Å². The summed E-state index contributed by atoms with van der Waals surface area (Å²) in [6, 6.07) is 7.80. The molecule has 1 aromatic rings. The molecule has 6 heteroatoms. The first kappa shape index (κ1) is 12.1. The number of hydrogen-bond donors (Lipinski definition) is 1. The Morgan fingerprint density at radius 2 is 1.33 bits per heavy atom. The molecule has 0 amide bonds. The van der Waals surface area contributed by atoms with E-state index in [0.717, 1.165) is 0 Å². The largest absolute Gasteiger partial charge is 0.350 e. The van der Waals surface area contributed by atoms with Gasteiger partial charge in [-0.25, -0.2) is 4.39 Å². The normalized spacial score (nSPS) is 16.4. The molecule has 0 heterocycles. The van der Waals surface area contributed by atoms with Crippen molar-refractivity contribution in [1.82, 2.24) is 0 Å². The Morgan fingerprint density at radius 1 is 0.778 bits per heavy atom. The molecule has 1 aliphatic rings. The Balaban J connectivity index is 2.39.